The van der Waals surface area contributed by atoms with Crippen LogP contribution < -0.4 is 14.4 Å². The molecule has 1 unspecified atom stereocenters. The molecule has 0 fully saturated rings. The second-order valence-electron chi connectivity index (χ2n) is 6.67. The molecule has 2 rings (SSSR count). The molecule has 0 heterocycles. The molecule has 0 saturated carbocycles. The Morgan fingerprint density at radius 1 is 1.14 bits per heavy atom. The lowest BCUT2D eigenvalue weighted by Crippen LogP contribution is -2.48. The van der Waals surface area contributed by atoms with Crippen molar-refractivity contribution in [3.63, 3.8) is 0 Å². The third-order valence-electron chi connectivity index (χ3n) is 4.03. The maximum absolute atomic E-state index is 12.5. The Kier molecular flexibility index (Phi) is 7.32. The van der Waals surface area contributed by atoms with Crippen molar-refractivity contribution < 1.29 is 17.9 Å². The van der Waals surface area contributed by atoms with Gasteiger partial charge in [-0.25, -0.2) is 8.42 Å². The van der Waals surface area contributed by atoms with E-state index >= 15 is 0 Å². The zero-order valence-electron chi connectivity index (χ0n) is 16.4. The minimum absolute atomic E-state index is 0.246. The highest BCUT2D eigenvalue weighted by Crippen LogP contribution is 2.24. The van der Waals surface area contributed by atoms with Crippen LogP contribution in [0.3, 0.4) is 0 Å². The third kappa shape index (κ3) is 6.14. The Morgan fingerprint density at radius 2 is 1.71 bits per heavy atom. The molecule has 152 valence electrons. The van der Waals surface area contributed by atoms with E-state index in [9.17, 15) is 13.2 Å². The van der Waals surface area contributed by atoms with Crippen LogP contribution in [0.5, 0.6) is 5.75 Å². The lowest BCUT2D eigenvalue weighted by Gasteiger charge is -2.28. The van der Waals surface area contributed by atoms with Gasteiger partial charge in [0.1, 0.15) is 18.4 Å². The molecule has 2 aromatic carbocycles. The molecule has 0 aliphatic heterocycles. The fraction of sp³-hybridized carbons (Fsp3) is 0.350. The standard InChI is InChI=1S/C20H25ClN2O4S/c1-14-11-15(2)13-18(12-14)23(28(4,25)26)16(3)20(24)22-9-10-27-19-7-5-17(21)6-8-19/h5-8,11-13,16H,9-10H2,1-4H3,(H,22,24). The number of aryl methyl sites for hydroxylation is 2. The second-order valence-corrected chi connectivity index (χ2v) is 8.97. The van der Waals surface area contributed by atoms with Gasteiger partial charge < -0.3 is 10.1 Å². The molecule has 1 N–H and O–H groups in total. The van der Waals surface area contributed by atoms with Crippen molar-refractivity contribution in [3.05, 3.63) is 58.6 Å². The van der Waals surface area contributed by atoms with Crippen molar-refractivity contribution in [1.29, 1.82) is 0 Å². The SMILES string of the molecule is Cc1cc(C)cc(N(C(C)C(=O)NCCOc2ccc(Cl)cc2)S(C)(=O)=O)c1. The highest BCUT2D eigenvalue weighted by molar-refractivity contribution is 7.92. The van der Waals surface area contributed by atoms with Crippen LogP contribution in [-0.2, 0) is 14.8 Å². The smallest absolute Gasteiger partial charge is 0.243 e. The van der Waals surface area contributed by atoms with Gasteiger partial charge in [-0.2, -0.15) is 0 Å². The molecule has 0 saturated heterocycles. The number of rotatable bonds is 8. The van der Waals surface area contributed by atoms with Crippen molar-refractivity contribution in [1.82, 2.24) is 5.32 Å². The van der Waals surface area contributed by atoms with Crippen LogP contribution >= 0.6 is 11.6 Å². The quantitative estimate of drug-likeness (QED) is 0.659. The molecule has 0 radical (unpaired) electrons. The topological polar surface area (TPSA) is 75.7 Å². The average molecular weight is 425 g/mol. The summed E-state index contributed by atoms with van der Waals surface area (Å²) < 4.78 is 31.4. The van der Waals surface area contributed by atoms with Gasteiger partial charge in [0.15, 0.2) is 0 Å². The summed E-state index contributed by atoms with van der Waals surface area (Å²) in [7, 11) is -3.64. The van der Waals surface area contributed by atoms with E-state index in [1.165, 1.54) is 0 Å². The van der Waals surface area contributed by atoms with Crippen LogP contribution in [0.2, 0.25) is 5.02 Å². The number of carbonyl (C=O) groups is 1. The maximum atomic E-state index is 12.5. The van der Waals surface area contributed by atoms with E-state index in [-0.39, 0.29) is 13.2 Å². The van der Waals surface area contributed by atoms with Crippen LogP contribution in [0.4, 0.5) is 5.69 Å². The molecule has 6 nitrogen and oxygen atoms in total. The van der Waals surface area contributed by atoms with Crippen molar-refractivity contribution in [2.75, 3.05) is 23.7 Å². The fourth-order valence-electron chi connectivity index (χ4n) is 2.91. The van der Waals surface area contributed by atoms with Crippen molar-refractivity contribution in [2.45, 2.75) is 26.8 Å². The zero-order valence-corrected chi connectivity index (χ0v) is 18.0. The normalized spacial score (nSPS) is 12.3. The fourth-order valence-corrected chi connectivity index (χ4v) is 4.19. The number of carbonyl (C=O) groups excluding carboxylic acids is 1. The van der Waals surface area contributed by atoms with Gasteiger partial charge in [-0.1, -0.05) is 17.7 Å². The molecule has 0 aliphatic rings. The first kappa shape index (κ1) is 22.0. The molecular formula is C20H25ClN2O4S. The van der Waals surface area contributed by atoms with Crippen LogP contribution in [-0.4, -0.2) is 39.8 Å². The van der Waals surface area contributed by atoms with Crippen LogP contribution in [0.1, 0.15) is 18.1 Å². The summed E-state index contributed by atoms with van der Waals surface area (Å²) in [4.78, 5) is 12.5. The first-order valence-corrected chi connectivity index (χ1v) is 11.0. The van der Waals surface area contributed by atoms with Crippen LogP contribution in [0, 0.1) is 13.8 Å². The highest BCUT2D eigenvalue weighted by atomic mass is 35.5. The molecule has 0 aromatic heterocycles. The summed E-state index contributed by atoms with van der Waals surface area (Å²) in [5, 5.41) is 3.33. The summed E-state index contributed by atoms with van der Waals surface area (Å²) >= 11 is 5.82. The summed E-state index contributed by atoms with van der Waals surface area (Å²) in [6, 6.07) is 11.4. The predicted molar refractivity (Wildman–Crippen MR) is 113 cm³/mol. The van der Waals surface area contributed by atoms with E-state index in [1.807, 2.05) is 19.9 Å². The number of hydrogen-bond acceptors (Lipinski definition) is 4. The van der Waals surface area contributed by atoms with Gasteiger partial charge in [-0.05, 0) is 68.3 Å². The number of benzene rings is 2. The second kappa shape index (κ2) is 9.30. The number of anilines is 1. The van der Waals surface area contributed by atoms with E-state index in [4.69, 9.17) is 16.3 Å². The molecule has 1 amide bonds. The summed E-state index contributed by atoms with van der Waals surface area (Å²) in [6.07, 6.45) is 1.10. The molecular weight excluding hydrogens is 400 g/mol. The monoisotopic (exact) mass is 424 g/mol. The predicted octanol–water partition coefficient (Wildman–Crippen LogP) is 3.31. The van der Waals surface area contributed by atoms with E-state index in [0.29, 0.717) is 16.5 Å². The minimum Gasteiger partial charge on any atom is -0.492 e. The Balaban J connectivity index is 2.02. The van der Waals surface area contributed by atoms with Gasteiger partial charge in [0.2, 0.25) is 15.9 Å². The average Bonchev–Trinajstić information content (AvgIpc) is 2.58. The van der Waals surface area contributed by atoms with E-state index < -0.39 is 22.0 Å². The summed E-state index contributed by atoms with van der Waals surface area (Å²) in [5.74, 6) is 0.240. The van der Waals surface area contributed by atoms with Gasteiger partial charge in [0.25, 0.3) is 0 Å². The van der Waals surface area contributed by atoms with Gasteiger partial charge in [0.05, 0.1) is 18.5 Å². The molecule has 1 atom stereocenters. The molecule has 28 heavy (non-hydrogen) atoms. The number of nitrogens with one attached hydrogen (secondary N) is 1. The van der Waals surface area contributed by atoms with Gasteiger partial charge in [-0.15, -0.1) is 0 Å². The van der Waals surface area contributed by atoms with Crippen molar-refractivity contribution in [3.8, 4) is 5.75 Å². The Morgan fingerprint density at radius 3 is 2.25 bits per heavy atom. The molecule has 0 bridgehead atoms. The minimum atomic E-state index is -3.64. The molecule has 2 aromatic rings. The number of sulfonamides is 1. The van der Waals surface area contributed by atoms with E-state index in [1.54, 1.807) is 43.3 Å². The molecule has 8 heteroatoms. The lowest BCUT2D eigenvalue weighted by molar-refractivity contribution is -0.121. The van der Waals surface area contributed by atoms with Crippen LogP contribution in [0.25, 0.3) is 0 Å². The summed E-state index contributed by atoms with van der Waals surface area (Å²) in [5.41, 5.74) is 2.32. The molecule has 0 spiro atoms. The van der Waals surface area contributed by atoms with E-state index in [0.717, 1.165) is 21.7 Å². The van der Waals surface area contributed by atoms with Gasteiger partial charge in [0, 0.05) is 5.02 Å². The Hall–Kier alpha value is -2.25. The van der Waals surface area contributed by atoms with Crippen molar-refractivity contribution in [2.24, 2.45) is 0 Å². The Labute approximate surface area is 171 Å². The van der Waals surface area contributed by atoms with Crippen LogP contribution in [0.15, 0.2) is 42.5 Å². The number of nitrogens with zero attached hydrogens (tertiary/aromatic N) is 1. The van der Waals surface area contributed by atoms with E-state index in [2.05, 4.69) is 5.32 Å². The first-order valence-electron chi connectivity index (χ1n) is 8.81. The first-order chi connectivity index (χ1) is 13.1. The number of amides is 1. The van der Waals surface area contributed by atoms with Gasteiger partial charge in [-0.3, -0.25) is 9.10 Å². The number of ether oxygens (including phenoxy) is 1. The lowest BCUT2D eigenvalue weighted by atomic mass is 10.1. The van der Waals surface area contributed by atoms with Crippen molar-refractivity contribution >= 4 is 33.2 Å². The number of halogens is 1. The van der Waals surface area contributed by atoms with Gasteiger partial charge >= 0.3 is 0 Å². The highest BCUT2D eigenvalue weighted by Gasteiger charge is 2.29. The maximum Gasteiger partial charge on any atom is 0.243 e. The Bertz CT molecular complexity index is 909. The molecule has 0 aliphatic carbocycles. The summed E-state index contributed by atoms with van der Waals surface area (Å²) in [6.45, 7) is 5.83. The largest absolute Gasteiger partial charge is 0.492 e. The zero-order chi connectivity index (χ0) is 20.9. The third-order valence-corrected chi connectivity index (χ3v) is 5.53. The number of hydrogen-bond donors (Lipinski definition) is 1.